The minimum absolute atomic E-state index is 0.206. The fourth-order valence-electron chi connectivity index (χ4n) is 1.60. The summed E-state index contributed by atoms with van der Waals surface area (Å²) in [6.07, 6.45) is 0. The Labute approximate surface area is 92.3 Å². The van der Waals surface area contributed by atoms with Gasteiger partial charge >= 0.3 is 0 Å². The Bertz CT molecular complexity index is 526. The zero-order valence-corrected chi connectivity index (χ0v) is 8.79. The first-order chi connectivity index (χ1) is 7.83. The van der Waals surface area contributed by atoms with Crippen LogP contribution in [0.4, 0.5) is 0 Å². The van der Waals surface area contributed by atoms with Crippen molar-refractivity contribution in [1.29, 1.82) is 0 Å². The van der Waals surface area contributed by atoms with Crippen LogP contribution < -0.4 is 0 Å². The van der Waals surface area contributed by atoms with Crippen molar-refractivity contribution in [2.24, 2.45) is 5.11 Å². The summed E-state index contributed by atoms with van der Waals surface area (Å²) < 4.78 is 5.11. The Kier molecular flexibility index (Phi) is 2.89. The smallest absolute Gasteiger partial charge is 0.141 e. The second-order valence-electron chi connectivity index (χ2n) is 3.32. The van der Waals surface area contributed by atoms with Crippen LogP contribution in [0.25, 0.3) is 21.6 Å². The summed E-state index contributed by atoms with van der Waals surface area (Å²) in [7, 11) is 0. The molecule has 5 nitrogen and oxygen atoms in total. The maximum atomic E-state index is 8.30. The maximum absolute atomic E-state index is 8.30. The third-order valence-electron chi connectivity index (χ3n) is 2.28. The second kappa shape index (κ2) is 4.51. The van der Waals surface area contributed by atoms with E-state index in [2.05, 4.69) is 15.2 Å². The Balaban J connectivity index is 2.47. The number of benzene rings is 1. The Morgan fingerprint density at radius 3 is 2.81 bits per heavy atom. The first-order valence-electron chi connectivity index (χ1n) is 4.84. The van der Waals surface area contributed by atoms with Gasteiger partial charge in [-0.05, 0) is 18.0 Å². The summed E-state index contributed by atoms with van der Waals surface area (Å²) in [5.74, 6) is 0.731. The van der Waals surface area contributed by atoms with Crippen LogP contribution in [-0.2, 0) is 6.54 Å². The molecule has 0 radical (unpaired) electrons. The fraction of sp³-hybridized carbons (Fsp3) is 0.182. The van der Waals surface area contributed by atoms with E-state index in [0.717, 1.165) is 16.9 Å². The van der Waals surface area contributed by atoms with Gasteiger partial charge in [-0.25, -0.2) is 0 Å². The van der Waals surface area contributed by atoms with Crippen molar-refractivity contribution in [1.82, 2.24) is 5.16 Å². The van der Waals surface area contributed by atoms with E-state index in [0.29, 0.717) is 5.69 Å². The van der Waals surface area contributed by atoms with E-state index >= 15 is 0 Å². The molecular formula is C11H10N4O. The van der Waals surface area contributed by atoms with E-state index < -0.39 is 0 Å². The molecule has 2 rings (SSSR count). The quantitative estimate of drug-likeness (QED) is 0.445. The van der Waals surface area contributed by atoms with Gasteiger partial charge in [0.05, 0.1) is 12.2 Å². The third-order valence-corrected chi connectivity index (χ3v) is 2.28. The highest BCUT2D eigenvalue weighted by Crippen LogP contribution is 2.27. The van der Waals surface area contributed by atoms with E-state index in [4.69, 9.17) is 10.1 Å². The van der Waals surface area contributed by atoms with Crippen molar-refractivity contribution in [2.75, 3.05) is 0 Å². The number of aromatic nitrogens is 1. The van der Waals surface area contributed by atoms with Gasteiger partial charge < -0.3 is 4.52 Å². The number of aryl methyl sites for hydroxylation is 1. The van der Waals surface area contributed by atoms with E-state index in [1.807, 2.05) is 37.3 Å². The SMILES string of the molecule is Cc1onc(CN=[N+]=[N-])c1-c1ccccc1. The van der Waals surface area contributed by atoms with Gasteiger partial charge in [0.2, 0.25) is 0 Å². The van der Waals surface area contributed by atoms with Gasteiger partial charge in [-0.2, -0.15) is 0 Å². The molecule has 0 fully saturated rings. The summed E-state index contributed by atoms with van der Waals surface area (Å²) in [5.41, 5.74) is 10.9. The first kappa shape index (κ1) is 10.3. The van der Waals surface area contributed by atoms with Crippen LogP contribution in [0.3, 0.4) is 0 Å². The predicted molar refractivity (Wildman–Crippen MR) is 59.5 cm³/mol. The molecule has 0 N–H and O–H groups in total. The van der Waals surface area contributed by atoms with Crippen LogP contribution in [0.15, 0.2) is 40.0 Å². The summed E-state index contributed by atoms with van der Waals surface area (Å²) >= 11 is 0. The summed E-state index contributed by atoms with van der Waals surface area (Å²) in [5, 5.41) is 7.39. The van der Waals surface area contributed by atoms with Crippen LogP contribution in [0.5, 0.6) is 0 Å². The lowest BCUT2D eigenvalue weighted by Crippen LogP contribution is -1.86. The van der Waals surface area contributed by atoms with E-state index in [1.165, 1.54) is 0 Å². The Hall–Kier alpha value is -2.26. The molecule has 0 amide bonds. The molecule has 5 heteroatoms. The molecule has 1 heterocycles. The average Bonchev–Trinajstić information content (AvgIpc) is 2.69. The summed E-state index contributed by atoms with van der Waals surface area (Å²) in [6, 6.07) is 9.77. The zero-order valence-electron chi connectivity index (χ0n) is 8.79. The highest BCUT2D eigenvalue weighted by molar-refractivity contribution is 5.67. The van der Waals surface area contributed by atoms with Gasteiger partial charge in [-0.3, -0.25) is 0 Å². The number of rotatable bonds is 3. The zero-order chi connectivity index (χ0) is 11.4. The largest absolute Gasteiger partial charge is 0.361 e. The van der Waals surface area contributed by atoms with Crippen molar-refractivity contribution in [2.45, 2.75) is 13.5 Å². The lowest BCUT2D eigenvalue weighted by atomic mass is 10.0. The topological polar surface area (TPSA) is 74.8 Å². The molecule has 1 aromatic heterocycles. The number of nitrogens with zero attached hydrogens (tertiary/aromatic N) is 4. The van der Waals surface area contributed by atoms with Crippen LogP contribution in [0.2, 0.25) is 0 Å². The molecular weight excluding hydrogens is 204 g/mol. The van der Waals surface area contributed by atoms with Crippen LogP contribution in [-0.4, -0.2) is 5.16 Å². The number of hydrogen-bond donors (Lipinski definition) is 0. The standard InChI is InChI=1S/C11H10N4O/c1-8-11(9-5-3-2-4-6-9)10(14-16-8)7-13-15-12/h2-6H,7H2,1H3. The highest BCUT2D eigenvalue weighted by atomic mass is 16.5. The average molecular weight is 214 g/mol. The molecule has 0 aliphatic rings. The Morgan fingerprint density at radius 1 is 1.38 bits per heavy atom. The monoisotopic (exact) mass is 214 g/mol. The summed E-state index contributed by atoms with van der Waals surface area (Å²) in [6.45, 7) is 2.05. The molecule has 0 unspecified atom stereocenters. The van der Waals surface area contributed by atoms with Gasteiger partial charge in [0.1, 0.15) is 5.76 Å². The van der Waals surface area contributed by atoms with Gasteiger partial charge in [0, 0.05) is 10.5 Å². The van der Waals surface area contributed by atoms with Crippen molar-refractivity contribution in [3.63, 3.8) is 0 Å². The molecule has 80 valence electrons. The number of hydrogen-bond acceptors (Lipinski definition) is 3. The van der Waals surface area contributed by atoms with E-state index in [-0.39, 0.29) is 6.54 Å². The second-order valence-corrected chi connectivity index (χ2v) is 3.32. The molecule has 0 aliphatic carbocycles. The molecule has 0 saturated heterocycles. The molecule has 1 aromatic carbocycles. The molecule has 16 heavy (non-hydrogen) atoms. The van der Waals surface area contributed by atoms with Crippen LogP contribution >= 0.6 is 0 Å². The fourth-order valence-corrected chi connectivity index (χ4v) is 1.60. The minimum atomic E-state index is 0.206. The van der Waals surface area contributed by atoms with Gasteiger partial charge in [-0.15, -0.1) is 0 Å². The normalized spacial score (nSPS) is 9.81. The van der Waals surface area contributed by atoms with Gasteiger partial charge in [0.25, 0.3) is 0 Å². The van der Waals surface area contributed by atoms with Gasteiger partial charge in [-0.1, -0.05) is 40.6 Å². The Morgan fingerprint density at radius 2 is 2.12 bits per heavy atom. The highest BCUT2D eigenvalue weighted by Gasteiger charge is 2.13. The van der Waals surface area contributed by atoms with Crippen LogP contribution in [0.1, 0.15) is 11.5 Å². The molecule has 0 aliphatic heterocycles. The number of azide groups is 1. The van der Waals surface area contributed by atoms with Crippen molar-refractivity contribution < 1.29 is 4.52 Å². The molecule has 0 saturated carbocycles. The minimum Gasteiger partial charge on any atom is -0.361 e. The van der Waals surface area contributed by atoms with E-state index in [1.54, 1.807) is 0 Å². The third kappa shape index (κ3) is 1.89. The first-order valence-corrected chi connectivity index (χ1v) is 4.84. The van der Waals surface area contributed by atoms with Crippen LogP contribution in [0, 0.1) is 6.92 Å². The van der Waals surface area contributed by atoms with E-state index in [9.17, 15) is 0 Å². The predicted octanol–water partition coefficient (Wildman–Crippen LogP) is 3.46. The lowest BCUT2D eigenvalue weighted by molar-refractivity contribution is 0.391. The van der Waals surface area contributed by atoms with Crippen molar-refractivity contribution in [3.05, 3.63) is 52.2 Å². The van der Waals surface area contributed by atoms with Crippen molar-refractivity contribution >= 4 is 0 Å². The lowest BCUT2D eigenvalue weighted by Gasteiger charge is -1.99. The molecule has 0 atom stereocenters. The summed E-state index contributed by atoms with van der Waals surface area (Å²) in [4.78, 5) is 2.72. The van der Waals surface area contributed by atoms with Crippen molar-refractivity contribution in [3.8, 4) is 11.1 Å². The molecule has 0 spiro atoms. The molecule has 2 aromatic rings. The maximum Gasteiger partial charge on any atom is 0.141 e. The molecule has 0 bridgehead atoms. The van der Waals surface area contributed by atoms with Gasteiger partial charge in [0.15, 0.2) is 0 Å².